The summed E-state index contributed by atoms with van der Waals surface area (Å²) in [6.45, 7) is 5.85. The van der Waals surface area contributed by atoms with Gasteiger partial charge in [0.15, 0.2) is 0 Å². The van der Waals surface area contributed by atoms with Crippen molar-refractivity contribution in [1.29, 1.82) is 0 Å². The van der Waals surface area contributed by atoms with Crippen molar-refractivity contribution in [2.24, 2.45) is 11.7 Å². The van der Waals surface area contributed by atoms with Crippen molar-refractivity contribution < 1.29 is 4.79 Å². The van der Waals surface area contributed by atoms with Crippen LogP contribution < -0.4 is 16.4 Å². The zero-order chi connectivity index (χ0) is 14.9. The summed E-state index contributed by atoms with van der Waals surface area (Å²) in [6, 6.07) is -0.430. The van der Waals surface area contributed by atoms with Crippen LogP contribution in [0.2, 0.25) is 0 Å². The van der Waals surface area contributed by atoms with E-state index in [4.69, 9.17) is 5.73 Å². The standard InChI is InChI=1S/C14H23N5O/c1-7(2)10(11(15)20)17-13-8(3)12(16-4)18-14(19-13)9-5-6-9/h7,9-10H,5-6H2,1-4H3,(H2,15,20)(H2,16,17,18,19). The maximum Gasteiger partial charge on any atom is 0.240 e. The summed E-state index contributed by atoms with van der Waals surface area (Å²) in [4.78, 5) is 20.7. The first-order valence-electron chi connectivity index (χ1n) is 7.06. The molecular weight excluding hydrogens is 254 g/mol. The first-order valence-corrected chi connectivity index (χ1v) is 7.06. The van der Waals surface area contributed by atoms with Gasteiger partial charge in [0.2, 0.25) is 5.91 Å². The van der Waals surface area contributed by atoms with Crippen LogP contribution in [-0.4, -0.2) is 29.0 Å². The molecule has 1 aromatic rings. The van der Waals surface area contributed by atoms with Gasteiger partial charge in [0.05, 0.1) is 0 Å². The SMILES string of the molecule is CNc1nc(C2CC2)nc(NC(C(N)=O)C(C)C)c1C. The molecule has 6 heteroatoms. The van der Waals surface area contributed by atoms with Crippen LogP contribution in [0.5, 0.6) is 0 Å². The number of amides is 1. The van der Waals surface area contributed by atoms with Gasteiger partial charge in [0, 0.05) is 18.5 Å². The number of anilines is 2. The predicted molar refractivity (Wildman–Crippen MR) is 79.7 cm³/mol. The summed E-state index contributed by atoms with van der Waals surface area (Å²) < 4.78 is 0. The molecule has 6 nitrogen and oxygen atoms in total. The second kappa shape index (κ2) is 5.64. The van der Waals surface area contributed by atoms with E-state index in [1.54, 1.807) is 0 Å². The second-order valence-electron chi connectivity index (χ2n) is 5.70. The van der Waals surface area contributed by atoms with Gasteiger partial charge in [-0.15, -0.1) is 0 Å². The molecule has 0 radical (unpaired) electrons. The van der Waals surface area contributed by atoms with Crippen LogP contribution in [0.1, 0.15) is 44.0 Å². The third-order valence-corrected chi connectivity index (χ3v) is 3.61. The van der Waals surface area contributed by atoms with Gasteiger partial charge in [0.25, 0.3) is 0 Å². The highest BCUT2D eigenvalue weighted by Gasteiger charge is 2.29. The number of nitrogens with one attached hydrogen (secondary N) is 2. The van der Waals surface area contributed by atoms with E-state index in [0.29, 0.717) is 11.7 Å². The van der Waals surface area contributed by atoms with E-state index in [0.717, 1.165) is 30.0 Å². The average molecular weight is 277 g/mol. The van der Waals surface area contributed by atoms with Crippen molar-refractivity contribution in [3.8, 4) is 0 Å². The van der Waals surface area contributed by atoms with E-state index in [9.17, 15) is 4.79 Å². The highest BCUT2D eigenvalue weighted by molar-refractivity contribution is 5.83. The minimum absolute atomic E-state index is 0.101. The number of primary amides is 1. The summed E-state index contributed by atoms with van der Waals surface area (Å²) in [7, 11) is 1.84. The van der Waals surface area contributed by atoms with Gasteiger partial charge in [0.1, 0.15) is 23.5 Å². The molecule has 4 N–H and O–H groups in total. The van der Waals surface area contributed by atoms with E-state index in [2.05, 4.69) is 20.6 Å². The average Bonchev–Trinajstić information content (AvgIpc) is 3.20. The lowest BCUT2D eigenvalue weighted by Gasteiger charge is -2.22. The lowest BCUT2D eigenvalue weighted by molar-refractivity contribution is -0.119. The molecule has 0 aromatic carbocycles. The number of nitrogens with two attached hydrogens (primary N) is 1. The Morgan fingerprint density at radius 3 is 2.35 bits per heavy atom. The molecule has 1 unspecified atom stereocenters. The first kappa shape index (κ1) is 14.6. The zero-order valence-corrected chi connectivity index (χ0v) is 12.5. The topological polar surface area (TPSA) is 92.9 Å². The molecule has 1 aliphatic carbocycles. The lowest BCUT2D eigenvalue weighted by atomic mass is 10.0. The highest BCUT2D eigenvalue weighted by Crippen LogP contribution is 2.39. The Hall–Kier alpha value is -1.85. The molecule has 1 saturated carbocycles. The Morgan fingerprint density at radius 2 is 1.90 bits per heavy atom. The van der Waals surface area contributed by atoms with Gasteiger partial charge in [-0.05, 0) is 25.7 Å². The minimum Gasteiger partial charge on any atom is -0.373 e. The van der Waals surface area contributed by atoms with Crippen molar-refractivity contribution in [3.63, 3.8) is 0 Å². The Morgan fingerprint density at radius 1 is 1.30 bits per heavy atom. The van der Waals surface area contributed by atoms with Crippen LogP contribution in [0.25, 0.3) is 0 Å². The quantitative estimate of drug-likeness (QED) is 0.735. The lowest BCUT2D eigenvalue weighted by Crippen LogP contribution is -2.40. The van der Waals surface area contributed by atoms with Crippen molar-refractivity contribution >= 4 is 17.5 Å². The van der Waals surface area contributed by atoms with Gasteiger partial charge >= 0.3 is 0 Å². The van der Waals surface area contributed by atoms with Crippen molar-refractivity contribution in [1.82, 2.24) is 9.97 Å². The maximum atomic E-state index is 11.5. The normalized spacial score (nSPS) is 16.1. The molecule has 1 aromatic heterocycles. The molecule has 110 valence electrons. The number of hydrogen-bond donors (Lipinski definition) is 3. The third kappa shape index (κ3) is 3.00. The van der Waals surface area contributed by atoms with Crippen LogP contribution in [0.4, 0.5) is 11.6 Å². The Kier molecular flexibility index (Phi) is 4.11. The van der Waals surface area contributed by atoms with Gasteiger partial charge in [-0.2, -0.15) is 0 Å². The van der Waals surface area contributed by atoms with Gasteiger partial charge in [-0.3, -0.25) is 4.79 Å². The highest BCUT2D eigenvalue weighted by atomic mass is 16.1. The summed E-state index contributed by atoms with van der Waals surface area (Å²) in [6.07, 6.45) is 2.27. The monoisotopic (exact) mass is 277 g/mol. The number of carbonyl (C=O) groups is 1. The number of carbonyl (C=O) groups excluding carboxylic acids is 1. The summed E-state index contributed by atoms with van der Waals surface area (Å²) >= 11 is 0. The summed E-state index contributed by atoms with van der Waals surface area (Å²) in [5.41, 5.74) is 6.36. The fourth-order valence-electron chi connectivity index (χ4n) is 2.16. The molecule has 1 fully saturated rings. The van der Waals surface area contributed by atoms with Crippen LogP contribution in [0.15, 0.2) is 0 Å². The number of aromatic nitrogens is 2. The van der Waals surface area contributed by atoms with Crippen molar-refractivity contribution in [2.75, 3.05) is 17.7 Å². The smallest absolute Gasteiger partial charge is 0.240 e. The van der Waals surface area contributed by atoms with Crippen LogP contribution in [0.3, 0.4) is 0 Å². The maximum absolute atomic E-state index is 11.5. The molecule has 0 spiro atoms. The van der Waals surface area contributed by atoms with Crippen LogP contribution >= 0.6 is 0 Å². The van der Waals surface area contributed by atoms with Gasteiger partial charge < -0.3 is 16.4 Å². The fourth-order valence-corrected chi connectivity index (χ4v) is 2.16. The van der Waals surface area contributed by atoms with Gasteiger partial charge in [-0.1, -0.05) is 13.8 Å². The minimum atomic E-state index is -0.430. The fraction of sp³-hybridized carbons (Fsp3) is 0.643. The number of hydrogen-bond acceptors (Lipinski definition) is 5. The summed E-state index contributed by atoms with van der Waals surface area (Å²) in [5, 5.41) is 6.26. The summed E-state index contributed by atoms with van der Waals surface area (Å²) in [5.74, 6) is 2.53. The van der Waals surface area contributed by atoms with E-state index in [1.165, 1.54) is 0 Å². The Bertz CT molecular complexity index is 511. The largest absolute Gasteiger partial charge is 0.373 e. The van der Waals surface area contributed by atoms with Crippen molar-refractivity contribution in [3.05, 3.63) is 11.4 Å². The second-order valence-corrected chi connectivity index (χ2v) is 5.70. The first-order chi connectivity index (χ1) is 9.43. The van der Waals surface area contributed by atoms with Gasteiger partial charge in [-0.25, -0.2) is 9.97 Å². The molecule has 1 atom stereocenters. The van der Waals surface area contributed by atoms with E-state index < -0.39 is 6.04 Å². The van der Waals surface area contributed by atoms with E-state index in [-0.39, 0.29) is 11.8 Å². The molecule has 0 saturated heterocycles. The van der Waals surface area contributed by atoms with Crippen LogP contribution in [-0.2, 0) is 4.79 Å². The molecule has 1 amide bonds. The molecule has 20 heavy (non-hydrogen) atoms. The molecule has 1 aliphatic rings. The van der Waals surface area contributed by atoms with Crippen LogP contribution in [0, 0.1) is 12.8 Å². The molecule has 2 rings (SSSR count). The molecular formula is C14H23N5O. The Labute approximate surface area is 119 Å². The molecule has 1 heterocycles. The molecule has 0 aliphatic heterocycles. The number of nitrogens with zero attached hydrogens (tertiary/aromatic N) is 2. The van der Waals surface area contributed by atoms with E-state index >= 15 is 0 Å². The number of rotatable bonds is 6. The Balaban J connectivity index is 2.33. The predicted octanol–water partition coefficient (Wildman–Crippen LogP) is 1.63. The third-order valence-electron chi connectivity index (χ3n) is 3.61. The molecule has 0 bridgehead atoms. The van der Waals surface area contributed by atoms with E-state index in [1.807, 2.05) is 27.8 Å². The zero-order valence-electron chi connectivity index (χ0n) is 12.5. The van der Waals surface area contributed by atoms with Crippen molar-refractivity contribution in [2.45, 2.75) is 45.6 Å².